The molecule has 0 aliphatic heterocycles. The summed E-state index contributed by atoms with van der Waals surface area (Å²) < 4.78 is 0. The Balaban J connectivity index is 2.54. The Morgan fingerprint density at radius 2 is 1.88 bits per heavy atom. The van der Waals surface area contributed by atoms with E-state index in [2.05, 4.69) is 4.98 Å². The molecule has 16 heavy (non-hydrogen) atoms. The van der Waals surface area contributed by atoms with Gasteiger partial charge in [0.15, 0.2) is 0 Å². The first-order valence-corrected chi connectivity index (χ1v) is 5.52. The standard InChI is InChI=1S/C12H10Cl2N2/c1-7-11(15)4-5-12(16-7)9-3-2-8(13)6-10(9)14/h2-6H,15H2,1H3. The fraction of sp³-hybridized carbons (Fsp3) is 0.0833. The van der Waals surface area contributed by atoms with E-state index in [0.717, 1.165) is 17.0 Å². The van der Waals surface area contributed by atoms with E-state index in [1.807, 2.05) is 25.1 Å². The highest BCUT2D eigenvalue weighted by molar-refractivity contribution is 6.36. The van der Waals surface area contributed by atoms with Crippen molar-refractivity contribution in [3.63, 3.8) is 0 Å². The van der Waals surface area contributed by atoms with Crippen LogP contribution in [0.5, 0.6) is 0 Å². The Hall–Kier alpha value is -1.25. The maximum atomic E-state index is 6.10. The third-order valence-electron chi connectivity index (χ3n) is 2.33. The number of aromatic nitrogens is 1. The Bertz CT molecular complexity index is 539. The number of nitrogens with two attached hydrogens (primary N) is 1. The van der Waals surface area contributed by atoms with Crippen LogP contribution < -0.4 is 5.73 Å². The van der Waals surface area contributed by atoms with Crippen molar-refractivity contribution in [1.29, 1.82) is 0 Å². The lowest BCUT2D eigenvalue weighted by Crippen LogP contribution is -1.94. The summed E-state index contributed by atoms with van der Waals surface area (Å²) in [6.07, 6.45) is 0. The van der Waals surface area contributed by atoms with Crippen LogP contribution in [0.15, 0.2) is 30.3 Å². The Labute approximate surface area is 104 Å². The van der Waals surface area contributed by atoms with Crippen molar-refractivity contribution in [2.75, 3.05) is 5.73 Å². The van der Waals surface area contributed by atoms with Crippen molar-refractivity contribution in [1.82, 2.24) is 4.98 Å². The molecule has 2 aromatic rings. The normalized spacial score (nSPS) is 10.4. The quantitative estimate of drug-likeness (QED) is 0.835. The summed E-state index contributed by atoms with van der Waals surface area (Å²) in [6, 6.07) is 9.00. The number of hydrogen-bond donors (Lipinski definition) is 1. The van der Waals surface area contributed by atoms with E-state index in [1.165, 1.54) is 0 Å². The number of halogens is 2. The maximum Gasteiger partial charge on any atom is 0.0721 e. The molecule has 0 radical (unpaired) electrons. The van der Waals surface area contributed by atoms with Crippen molar-refractivity contribution < 1.29 is 0 Å². The van der Waals surface area contributed by atoms with Gasteiger partial charge in [0, 0.05) is 10.6 Å². The molecule has 1 aromatic heterocycles. The van der Waals surface area contributed by atoms with Gasteiger partial charge in [-0.25, -0.2) is 0 Å². The number of hydrogen-bond acceptors (Lipinski definition) is 2. The molecular formula is C12H10Cl2N2. The number of benzene rings is 1. The van der Waals surface area contributed by atoms with Gasteiger partial charge < -0.3 is 5.73 Å². The van der Waals surface area contributed by atoms with Crippen LogP contribution in [0, 0.1) is 6.92 Å². The number of pyridine rings is 1. The lowest BCUT2D eigenvalue weighted by atomic mass is 10.1. The van der Waals surface area contributed by atoms with E-state index < -0.39 is 0 Å². The summed E-state index contributed by atoms with van der Waals surface area (Å²) in [5.41, 5.74) is 8.84. The van der Waals surface area contributed by atoms with E-state index in [1.54, 1.807) is 12.1 Å². The Morgan fingerprint density at radius 1 is 1.12 bits per heavy atom. The van der Waals surface area contributed by atoms with E-state index in [4.69, 9.17) is 28.9 Å². The summed E-state index contributed by atoms with van der Waals surface area (Å²) in [4.78, 5) is 4.38. The summed E-state index contributed by atoms with van der Waals surface area (Å²) in [5.74, 6) is 0. The first-order chi connectivity index (χ1) is 7.58. The average molecular weight is 253 g/mol. The van der Waals surface area contributed by atoms with Gasteiger partial charge in [0.2, 0.25) is 0 Å². The molecule has 0 unspecified atom stereocenters. The van der Waals surface area contributed by atoms with E-state index in [0.29, 0.717) is 15.7 Å². The molecule has 0 saturated heterocycles. The van der Waals surface area contributed by atoms with E-state index in [9.17, 15) is 0 Å². The predicted octanol–water partition coefficient (Wildman–Crippen LogP) is 3.95. The van der Waals surface area contributed by atoms with Crippen LogP contribution in [-0.4, -0.2) is 4.98 Å². The highest BCUT2D eigenvalue weighted by atomic mass is 35.5. The first-order valence-electron chi connectivity index (χ1n) is 4.76. The molecule has 0 atom stereocenters. The van der Waals surface area contributed by atoms with Crippen molar-refractivity contribution in [3.8, 4) is 11.3 Å². The maximum absolute atomic E-state index is 6.10. The zero-order valence-electron chi connectivity index (χ0n) is 8.67. The fourth-order valence-electron chi connectivity index (χ4n) is 1.42. The van der Waals surface area contributed by atoms with Crippen molar-refractivity contribution in [2.24, 2.45) is 0 Å². The third kappa shape index (κ3) is 2.13. The molecule has 1 aromatic carbocycles. The van der Waals surface area contributed by atoms with Gasteiger partial charge >= 0.3 is 0 Å². The van der Waals surface area contributed by atoms with Crippen LogP contribution >= 0.6 is 23.2 Å². The molecule has 0 amide bonds. The predicted molar refractivity (Wildman–Crippen MR) is 68.8 cm³/mol. The minimum absolute atomic E-state index is 0.587. The summed E-state index contributed by atoms with van der Waals surface area (Å²) in [7, 11) is 0. The van der Waals surface area contributed by atoms with E-state index >= 15 is 0 Å². The second kappa shape index (κ2) is 4.32. The first kappa shape index (κ1) is 11.2. The van der Waals surface area contributed by atoms with Gasteiger partial charge in [-0.3, -0.25) is 4.98 Å². The molecule has 1 heterocycles. The second-order valence-electron chi connectivity index (χ2n) is 3.50. The van der Waals surface area contributed by atoms with Gasteiger partial charge in [-0.2, -0.15) is 0 Å². The molecule has 2 rings (SSSR count). The Kier molecular flexibility index (Phi) is 3.03. The molecule has 0 saturated carbocycles. The van der Waals surface area contributed by atoms with Crippen molar-refractivity contribution in [2.45, 2.75) is 6.92 Å². The summed E-state index contributed by atoms with van der Waals surface area (Å²) >= 11 is 11.9. The minimum atomic E-state index is 0.587. The SMILES string of the molecule is Cc1nc(-c2ccc(Cl)cc2Cl)ccc1N. The topological polar surface area (TPSA) is 38.9 Å². The second-order valence-corrected chi connectivity index (χ2v) is 4.34. The molecule has 2 nitrogen and oxygen atoms in total. The van der Waals surface area contributed by atoms with Gasteiger partial charge in [0.1, 0.15) is 0 Å². The largest absolute Gasteiger partial charge is 0.397 e. The van der Waals surface area contributed by atoms with Crippen LogP contribution in [0.3, 0.4) is 0 Å². The highest BCUT2D eigenvalue weighted by Crippen LogP contribution is 2.29. The molecule has 0 aliphatic rings. The van der Waals surface area contributed by atoms with Gasteiger partial charge in [0.05, 0.1) is 22.1 Å². The third-order valence-corrected chi connectivity index (χ3v) is 2.88. The number of nitrogen functional groups attached to an aromatic ring is 1. The molecule has 4 heteroatoms. The van der Waals surface area contributed by atoms with Gasteiger partial charge in [0.25, 0.3) is 0 Å². The van der Waals surface area contributed by atoms with Crippen molar-refractivity contribution >= 4 is 28.9 Å². The highest BCUT2D eigenvalue weighted by Gasteiger charge is 2.06. The molecule has 0 bridgehead atoms. The smallest absolute Gasteiger partial charge is 0.0721 e. The van der Waals surface area contributed by atoms with Crippen LogP contribution in [-0.2, 0) is 0 Å². The molecule has 2 N–H and O–H groups in total. The lowest BCUT2D eigenvalue weighted by molar-refractivity contribution is 1.21. The van der Waals surface area contributed by atoms with Crippen LogP contribution in [0.25, 0.3) is 11.3 Å². The zero-order chi connectivity index (χ0) is 11.7. The zero-order valence-corrected chi connectivity index (χ0v) is 10.2. The summed E-state index contributed by atoms with van der Waals surface area (Å²) in [6.45, 7) is 1.86. The van der Waals surface area contributed by atoms with E-state index in [-0.39, 0.29) is 0 Å². The van der Waals surface area contributed by atoms with Crippen LogP contribution in [0.1, 0.15) is 5.69 Å². The average Bonchev–Trinajstić information content (AvgIpc) is 2.22. The number of aryl methyl sites for hydroxylation is 1. The fourth-order valence-corrected chi connectivity index (χ4v) is 1.92. The molecule has 0 spiro atoms. The van der Waals surface area contributed by atoms with Crippen molar-refractivity contribution in [3.05, 3.63) is 46.1 Å². The number of nitrogens with zero attached hydrogens (tertiary/aromatic N) is 1. The van der Waals surface area contributed by atoms with Gasteiger partial charge in [-0.05, 0) is 37.3 Å². The van der Waals surface area contributed by atoms with Gasteiger partial charge in [-0.15, -0.1) is 0 Å². The Morgan fingerprint density at radius 3 is 2.50 bits per heavy atom. The van der Waals surface area contributed by atoms with Gasteiger partial charge in [-0.1, -0.05) is 23.2 Å². The summed E-state index contributed by atoms with van der Waals surface area (Å²) in [5, 5.41) is 1.20. The van der Waals surface area contributed by atoms with Crippen LogP contribution in [0.4, 0.5) is 5.69 Å². The number of anilines is 1. The van der Waals surface area contributed by atoms with Crippen LogP contribution in [0.2, 0.25) is 10.0 Å². The monoisotopic (exact) mass is 252 g/mol. The lowest BCUT2D eigenvalue weighted by Gasteiger charge is -2.06. The molecular weight excluding hydrogens is 243 g/mol. The minimum Gasteiger partial charge on any atom is -0.397 e. The molecule has 0 aliphatic carbocycles. The molecule has 0 fully saturated rings. The number of rotatable bonds is 1. The molecule has 82 valence electrons.